The number of nitrogens with zero attached hydrogens (tertiary/aromatic N) is 5. The Morgan fingerprint density at radius 3 is 2.94 bits per heavy atom. The van der Waals surface area contributed by atoms with E-state index in [-0.39, 0.29) is 29.3 Å². The van der Waals surface area contributed by atoms with Gasteiger partial charge >= 0.3 is 0 Å². The average Bonchev–Trinajstić information content (AvgIpc) is 3.57. The van der Waals surface area contributed by atoms with Crippen LogP contribution in [0, 0.1) is 28.5 Å². The van der Waals surface area contributed by atoms with Crippen molar-refractivity contribution in [3.63, 3.8) is 0 Å². The third-order valence-corrected chi connectivity index (χ3v) is 5.72. The summed E-state index contributed by atoms with van der Waals surface area (Å²) in [5.74, 6) is 0.557. The van der Waals surface area contributed by atoms with Gasteiger partial charge in [-0.2, -0.15) is 10.5 Å². The first-order valence-electron chi connectivity index (χ1n) is 13.7. The molecule has 0 bridgehead atoms. The van der Waals surface area contributed by atoms with E-state index in [1.807, 2.05) is 12.1 Å². The van der Waals surface area contributed by atoms with Crippen molar-refractivity contribution < 1.29 is 17.4 Å². The van der Waals surface area contributed by atoms with Crippen LogP contribution in [0.3, 0.4) is 0 Å². The average molecular weight is 474 g/mol. The molecule has 8 nitrogen and oxygen atoms in total. The molecule has 0 aliphatic carbocycles. The van der Waals surface area contributed by atoms with E-state index in [4.69, 9.17) is 13.0 Å². The SMILES string of the molecule is [2H]C([2H])([2H])C(Nc1ccc(-c2cnc(NCc3c(F)ccc4c3CCO4)n3cc(C#N)nc23)cc1C#N)C([2H])([2H])[2H]. The highest BCUT2D eigenvalue weighted by Gasteiger charge is 2.20. The minimum Gasteiger partial charge on any atom is -0.493 e. The quantitative estimate of drug-likeness (QED) is 0.419. The van der Waals surface area contributed by atoms with Crippen LogP contribution in [0.4, 0.5) is 16.0 Å². The molecule has 35 heavy (non-hydrogen) atoms. The fourth-order valence-corrected chi connectivity index (χ4v) is 4.13. The van der Waals surface area contributed by atoms with E-state index < -0.39 is 19.7 Å². The maximum absolute atomic E-state index is 14.6. The summed E-state index contributed by atoms with van der Waals surface area (Å²) in [6.45, 7) is -5.13. The second-order valence-corrected chi connectivity index (χ2v) is 7.83. The lowest BCUT2D eigenvalue weighted by molar-refractivity contribution is 0.356. The molecule has 1 aliphatic rings. The molecule has 0 amide bonds. The summed E-state index contributed by atoms with van der Waals surface area (Å²) in [4.78, 5) is 8.83. The first-order valence-corrected chi connectivity index (χ1v) is 10.7. The molecular formula is C26H22FN7O. The van der Waals surface area contributed by atoms with Crippen LogP contribution in [0.5, 0.6) is 5.75 Å². The van der Waals surface area contributed by atoms with Gasteiger partial charge < -0.3 is 15.4 Å². The van der Waals surface area contributed by atoms with Crippen molar-refractivity contribution in [1.82, 2.24) is 14.4 Å². The molecular weight excluding hydrogens is 445 g/mol. The van der Waals surface area contributed by atoms with Crippen molar-refractivity contribution in [2.75, 3.05) is 17.2 Å². The zero-order chi connectivity index (χ0) is 29.5. The Kier molecular flexibility index (Phi) is 4.11. The van der Waals surface area contributed by atoms with Crippen molar-refractivity contribution in [1.29, 1.82) is 10.5 Å². The summed E-state index contributed by atoms with van der Waals surface area (Å²) in [6, 6.07) is 9.44. The van der Waals surface area contributed by atoms with Gasteiger partial charge in [0.25, 0.3) is 0 Å². The zero-order valence-corrected chi connectivity index (χ0v) is 18.3. The van der Waals surface area contributed by atoms with Gasteiger partial charge in [-0.3, -0.25) is 4.40 Å². The van der Waals surface area contributed by atoms with E-state index in [0.29, 0.717) is 47.1 Å². The lowest BCUT2D eigenvalue weighted by atomic mass is 10.0. The predicted octanol–water partition coefficient (Wildman–Crippen LogP) is 4.65. The Hall–Kier alpha value is -4.63. The maximum atomic E-state index is 14.6. The van der Waals surface area contributed by atoms with Gasteiger partial charge in [0.2, 0.25) is 5.95 Å². The smallest absolute Gasteiger partial charge is 0.208 e. The van der Waals surface area contributed by atoms with E-state index in [1.54, 1.807) is 16.5 Å². The molecule has 2 aromatic carbocycles. The molecule has 2 aromatic heterocycles. The zero-order valence-electron chi connectivity index (χ0n) is 24.3. The van der Waals surface area contributed by atoms with Crippen LogP contribution in [0.1, 0.15) is 44.3 Å². The van der Waals surface area contributed by atoms with Crippen LogP contribution in [0.25, 0.3) is 16.8 Å². The Bertz CT molecular complexity index is 1720. The molecule has 174 valence electrons. The molecule has 0 saturated carbocycles. The van der Waals surface area contributed by atoms with Crippen LogP contribution in [-0.2, 0) is 13.0 Å². The fourth-order valence-electron chi connectivity index (χ4n) is 4.13. The van der Waals surface area contributed by atoms with Crippen LogP contribution in [-0.4, -0.2) is 27.0 Å². The van der Waals surface area contributed by atoms with Gasteiger partial charge in [-0.05, 0) is 43.5 Å². The van der Waals surface area contributed by atoms with Crippen LogP contribution in [0.2, 0.25) is 0 Å². The lowest BCUT2D eigenvalue weighted by Gasteiger charge is -2.14. The van der Waals surface area contributed by atoms with Gasteiger partial charge in [0.1, 0.15) is 23.7 Å². The summed E-state index contributed by atoms with van der Waals surface area (Å²) >= 11 is 0. The number of aromatic nitrogens is 3. The van der Waals surface area contributed by atoms with Crippen LogP contribution < -0.4 is 15.4 Å². The number of ether oxygens (including phenoxy) is 1. The van der Waals surface area contributed by atoms with Crippen molar-refractivity contribution in [2.45, 2.75) is 32.7 Å². The molecule has 2 N–H and O–H groups in total. The first-order chi connectivity index (χ1) is 19.4. The second kappa shape index (κ2) is 8.96. The molecule has 0 spiro atoms. The highest BCUT2D eigenvalue weighted by atomic mass is 19.1. The molecule has 0 fully saturated rings. The number of halogens is 1. The fraction of sp³-hybridized carbons (Fsp3) is 0.231. The molecule has 1 aliphatic heterocycles. The number of hydrogen-bond donors (Lipinski definition) is 2. The lowest BCUT2D eigenvalue weighted by Crippen LogP contribution is -2.11. The third-order valence-electron chi connectivity index (χ3n) is 5.72. The maximum Gasteiger partial charge on any atom is 0.208 e. The minimum absolute atomic E-state index is 0.00374. The first kappa shape index (κ1) is 16.1. The summed E-state index contributed by atoms with van der Waals surface area (Å²) in [5, 5.41) is 24.9. The highest BCUT2D eigenvalue weighted by Crippen LogP contribution is 2.32. The van der Waals surface area contributed by atoms with E-state index in [9.17, 15) is 14.9 Å². The van der Waals surface area contributed by atoms with Crippen molar-refractivity contribution in [3.05, 3.63) is 70.9 Å². The number of nitrogens with one attached hydrogen (secondary N) is 2. The number of anilines is 2. The van der Waals surface area contributed by atoms with Gasteiger partial charge in [0.05, 0.1) is 24.1 Å². The summed E-state index contributed by atoms with van der Waals surface area (Å²) < 4.78 is 67.4. The summed E-state index contributed by atoms with van der Waals surface area (Å²) in [7, 11) is 0. The molecule has 5 rings (SSSR count). The van der Waals surface area contributed by atoms with Gasteiger partial charge in [0, 0.05) is 50.1 Å². The molecule has 0 saturated heterocycles. The van der Waals surface area contributed by atoms with Crippen molar-refractivity contribution >= 4 is 17.3 Å². The number of imidazole rings is 1. The van der Waals surface area contributed by atoms with E-state index in [0.717, 1.165) is 5.56 Å². The number of fused-ring (bicyclic) bond motifs is 2. The number of rotatable bonds is 6. The number of hydrogen-bond acceptors (Lipinski definition) is 7. The monoisotopic (exact) mass is 473 g/mol. The van der Waals surface area contributed by atoms with E-state index in [2.05, 4.69) is 20.6 Å². The van der Waals surface area contributed by atoms with E-state index >= 15 is 0 Å². The molecule has 3 heterocycles. The van der Waals surface area contributed by atoms with E-state index in [1.165, 1.54) is 30.6 Å². The Balaban J connectivity index is 1.50. The molecule has 0 atom stereocenters. The van der Waals surface area contributed by atoms with Gasteiger partial charge in [-0.1, -0.05) is 6.07 Å². The largest absolute Gasteiger partial charge is 0.493 e. The topological polar surface area (TPSA) is 111 Å². The Morgan fingerprint density at radius 2 is 2.14 bits per heavy atom. The summed E-state index contributed by atoms with van der Waals surface area (Å²) in [6.07, 6.45) is 3.54. The third kappa shape index (κ3) is 4.09. The van der Waals surface area contributed by atoms with Crippen molar-refractivity contribution in [3.8, 4) is 29.0 Å². The number of nitriles is 2. The molecule has 4 aromatic rings. The normalized spacial score (nSPS) is 15.4. The van der Waals surface area contributed by atoms with Gasteiger partial charge in [-0.15, -0.1) is 0 Å². The standard InChI is InChI=1S/C26H22FN7O/c1-15(2)32-23-5-3-16(9-17(23)10-28)20-12-30-26(34-14-18(11-29)33-25(20)34)31-13-21-19-7-8-35-24(19)6-4-22(21)27/h3-6,9,12,14-15,32H,7-8,13H2,1-2H3,(H,30,31)/i1D3,2D3. The molecule has 9 heteroatoms. The second-order valence-electron chi connectivity index (χ2n) is 7.83. The predicted molar refractivity (Wildman–Crippen MR) is 130 cm³/mol. The highest BCUT2D eigenvalue weighted by molar-refractivity contribution is 5.81. The van der Waals surface area contributed by atoms with Gasteiger partial charge in [0.15, 0.2) is 11.3 Å². The van der Waals surface area contributed by atoms with Crippen LogP contribution in [0.15, 0.2) is 42.7 Å². The van der Waals surface area contributed by atoms with Crippen molar-refractivity contribution in [2.24, 2.45) is 0 Å². The van der Waals surface area contributed by atoms with Crippen LogP contribution >= 0.6 is 0 Å². The van der Waals surface area contributed by atoms with Gasteiger partial charge in [-0.25, -0.2) is 14.4 Å². The number of benzene rings is 2. The molecule has 0 unspecified atom stereocenters. The minimum atomic E-state index is -2.85. The Labute approximate surface area is 210 Å². The summed E-state index contributed by atoms with van der Waals surface area (Å²) in [5.41, 5.74) is 2.62. The molecule has 0 radical (unpaired) electrons. The Morgan fingerprint density at radius 1 is 1.26 bits per heavy atom.